The lowest BCUT2D eigenvalue weighted by Crippen LogP contribution is -2.51. The molecule has 0 saturated heterocycles. The zero-order valence-electron chi connectivity index (χ0n) is 17.6. The van der Waals surface area contributed by atoms with Crippen LogP contribution in [-0.2, 0) is 16.0 Å². The quantitative estimate of drug-likeness (QED) is 0.583. The van der Waals surface area contributed by atoms with Gasteiger partial charge in [0.1, 0.15) is 29.4 Å². The van der Waals surface area contributed by atoms with Crippen LogP contribution in [0, 0.1) is 5.82 Å². The van der Waals surface area contributed by atoms with E-state index in [2.05, 4.69) is 11.9 Å². The van der Waals surface area contributed by atoms with Gasteiger partial charge in [-0.05, 0) is 63.6 Å². The summed E-state index contributed by atoms with van der Waals surface area (Å²) in [6, 6.07) is 12.5. The lowest BCUT2D eigenvalue weighted by molar-refractivity contribution is -0.168. The molecule has 0 spiro atoms. The second-order valence-electron chi connectivity index (χ2n) is 8.09. The van der Waals surface area contributed by atoms with Gasteiger partial charge < -0.3 is 19.5 Å². The smallest absolute Gasteiger partial charge is 0.132 e. The van der Waals surface area contributed by atoms with Gasteiger partial charge >= 0.3 is 0 Å². The molecule has 156 valence electrons. The van der Waals surface area contributed by atoms with E-state index >= 15 is 0 Å². The van der Waals surface area contributed by atoms with Crippen molar-refractivity contribution in [2.75, 3.05) is 11.9 Å². The van der Waals surface area contributed by atoms with Crippen molar-refractivity contribution in [3.8, 4) is 5.75 Å². The molecule has 0 amide bonds. The Bertz CT molecular complexity index is 850. The fourth-order valence-electron chi connectivity index (χ4n) is 3.59. The molecular formula is C24H30FNO3. The van der Waals surface area contributed by atoms with E-state index in [0.717, 1.165) is 22.6 Å². The first-order chi connectivity index (χ1) is 13.8. The van der Waals surface area contributed by atoms with Gasteiger partial charge in [-0.1, -0.05) is 18.2 Å². The van der Waals surface area contributed by atoms with Crippen LogP contribution in [-0.4, -0.2) is 24.4 Å². The van der Waals surface area contributed by atoms with Crippen molar-refractivity contribution in [2.45, 2.75) is 58.2 Å². The van der Waals surface area contributed by atoms with Gasteiger partial charge in [-0.15, -0.1) is 6.58 Å². The molecule has 0 bridgehead atoms. The first kappa shape index (κ1) is 21.3. The molecule has 1 aliphatic heterocycles. The van der Waals surface area contributed by atoms with Crippen molar-refractivity contribution in [3.05, 3.63) is 72.1 Å². The van der Waals surface area contributed by atoms with E-state index in [1.54, 1.807) is 12.1 Å². The minimum Gasteiger partial charge on any atom is -0.485 e. The third kappa shape index (κ3) is 5.17. The monoisotopic (exact) mass is 399 g/mol. The van der Waals surface area contributed by atoms with Gasteiger partial charge in [-0.25, -0.2) is 4.39 Å². The van der Waals surface area contributed by atoms with Crippen LogP contribution in [0.1, 0.15) is 44.9 Å². The van der Waals surface area contributed by atoms with Gasteiger partial charge in [0.25, 0.3) is 0 Å². The standard InChI is InChI=1S/C24H30FNO3/c1-6-12-27-23-22(28-16(2)3)20-14-19(10-11-21(20)29-24(23,4)5)26-15-17-8-7-9-18(25)13-17/h6-11,13-14,16,22-23,26H,1,12,15H2,2-5H3. The Balaban J connectivity index is 1.88. The first-order valence-electron chi connectivity index (χ1n) is 9.99. The van der Waals surface area contributed by atoms with Crippen LogP contribution in [0.25, 0.3) is 0 Å². The molecule has 1 heterocycles. The van der Waals surface area contributed by atoms with E-state index < -0.39 is 5.60 Å². The average Bonchev–Trinajstić information content (AvgIpc) is 2.65. The molecule has 2 aromatic carbocycles. The van der Waals surface area contributed by atoms with Crippen molar-refractivity contribution in [2.24, 2.45) is 0 Å². The normalized spacial score (nSPS) is 20.1. The van der Waals surface area contributed by atoms with E-state index in [-0.39, 0.29) is 24.1 Å². The highest BCUT2D eigenvalue weighted by Gasteiger charge is 2.45. The predicted octanol–water partition coefficient (Wildman–Crippen LogP) is 5.65. The first-order valence-corrected chi connectivity index (χ1v) is 9.99. The number of halogens is 1. The number of hydrogen-bond donors (Lipinski definition) is 1. The second-order valence-corrected chi connectivity index (χ2v) is 8.09. The van der Waals surface area contributed by atoms with Crippen LogP contribution in [0.2, 0.25) is 0 Å². The van der Waals surface area contributed by atoms with Crippen LogP contribution in [0.15, 0.2) is 55.1 Å². The summed E-state index contributed by atoms with van der Waals surface area (Å²) in [6.07, 6.45) is 1.20. The van der Waals surface area contributed by atoms with Crippen molar-refractivity contribution in [1.29, 1.82) is 0 Å². The van der Waals surface area contributed by atoms with E-state index in [1.165, 1.54) is 12.1 Å². The lowest BCUT2D eigenvalue weighted by atomic mass is 9.87. The third-order valence-corrected chi connectivity index (χ3v) is 4.85. The minimum absolute atomic E-state index is 0.0282. The maximum Gasteiger partial charge on any atom is 0.132 e. The summed E-state index contributed by atoms with van der Waals surface area (Å²) in [4.78, 5) is 0. The largest absolute Gasteiger partial charge is 0.485 e. The maximum atomic E-state index is 13.4. The van der Waals surface area contributed by atoms with Crippen LogP contribution in [0.4, 0.5) is 10.1 Å². The summed E-state index contributed by atoms with van der Waals surface area (Å²) in [5.74, 6) is 0.549. The Hall–Kier alpha value is -2.37. The molecule has 0 fully saturated rings. The molecule has 5 heteroatoms. The molecule has 29 heavy (non-hydrogen) atoms. The van der Waals surface area contributed by atoms with E-state index in [0.29, 0.717) is 13.2 Å². The number of benzene rings is 2. The summed E-state index contributed by atoms with van der Waals surface area (Å²) >= 11 is 0. The van der Waals surface area contributed by atoms with E-state index in [9.17, 15) is 4.39 Å². The molecule has 1 aliphatic rings. The van der Waals surface area contributed by atoms with Crippen LogP contribution in [0.5, 0.6) is 5.75 Å². The summed E-state index contributed by atoms with van der Waals surface area (Å²) in [5, 5.41) is 3.36. The predicted molar refractivity (Wildman–Crippen MR) is 114 cm³/mol. The van der Waals surface area contributed by atoms with Gasteiger partial charge in [-0.3, -0.25) is 0 Å². The highest BCUT2D eigenvalue weighted by molar-refractivity contribution is 5.54. The fourth-order valence-corrected chi connectivity index (χ4v) is 3.59. The molecule has 4 nitrogen and oxygen atoms in total. The summed E-state index contributed by atoms with van der Waals surface area (Å²) < 4.78 is 32.0. The maximum absolute atomic E-state index is 13.4. The SMILES string of the molecule is C=CCOC1C(OC(C)C)c2cc(NCc3cccc(F)c3)ccc2OC1(C)C. The van der Waals surface area contributed by atoms with Crippen LogP contribution < -0.4 is 10.1 Å². The Morgan fingerprint density at radius 2 is 2.03 bits per heavy atom. The molecular weight excluding hydrogens is 369 g/mol. The molecule has 0 saturated carbocycles. The van der Waals surface area contributed by atoms with E-state index in [4.69, 9.17) is 14.2 Å². The van der Waals surface area contributed by atoms with Crippen molar-refractivity contribution >= 4 is 5.69 Å². The highest BCUT2D eigenvalue weighted by atomic mass is 19.1. The summed E-state index contributed by atoms with van der Waals surface area (Å²) in [5.41, 5.74) is 2.18. The van der Waals surface area contributed by atoms with Crippen molar-refractivity contribution in [3.63, 3.8) is 0 Å². The number of ether oxygens (including phenoxy) is 3. The fraction of sp³-hybridized carbons (Fsp3) is 0.417. The van der Waals surface area contributed by atoms with Gasteiger partial charge in [-0.2, -0.15) is 0 Å². The Kier molecular flexibility index (Phi) is 6.60. The number of anilines is 1. The average molecular weight is 400 g/mol. The second kappa shape index (κ2) is 8.97. The zero-order chi connectivity index (χ0) is 21.0. The van der Waals surface area contributed by atoms with Gasteiger partial charge in [0.05, 0.1) is 12.7 Å². The summed E-state index contributed by atoms with van der Waals surface area (Å²) in [6.45, 7) is 12.7. The van der Waals surface area contributed by atoms with Gasteiger partial charge in [0.2, 0.25) is 0 Å². The van der Waals surface area contributed by atoms with Crippen LogP contribution in [0.3, 0.4) is 0 Å². The molecule has 0 aliphatic carbocycles. The highest BCUT2D eigenvalue weighted by Crippen LogP contribution is 2.44. The minimum atomic E-state index is -0.550. The molecule has 2 aromatic rings. The molecule has 3 rings (SSSR count). The molecule has 2 unspecified atom stereocenters. The lowest BCUT2D eigenvalue weighted by Gasteiger charge is -2.44. The topological polar surface area (TPSA) is 39.7 Å². The molecule has 1 N–H and O–H groups in total. The Labute approximate surface area is 172 Å². The Morgan fingerprint density at radius 1 is 1.24 bits per heavy atom. The molecule has 0 aromatic heterocycles. The number of fused-ring (bicyclic) bond motifs is 1. The van der Waals surface area contributed by atoms with Gasteiger partial charge in [0, 0.05) is 17.8 Å². The van der Waals surface area contributed by atoms with E-state index in [1.807, 2.05) is 52.0 Å². The molecule has 2 atom stereocenters. The number of nitrogens with one attached hydrogen (secondary N) is 1. The Morgan fingerprint density at radius 3 is 2.72 bits per heavy atom. The summed E-state index contributed by atoms with van der Waals surface area (Å²) in [7, 11) is 0. The van der Waals surface area contributed by atoms with Crippen molar-refractivity contribution < 1.29 is 18.6 Å². The zero-order valence-corrected chi connectivity index (χ0v) is 17.6. The van der Waals surface area contributed by atoms with Gasteiger partial charge in [0.15, 0.2) is 0 Å². The van der Waals surface area contributed by atoms with Crippen molar-refractivity contribution in [1.82, 2.24) is 0 Å². The third-order valence-electron chi connectivity index (χ3n) is 4.85. The van der Waals surface area contributed by atoms with Crippen LogP contribution >= 0.6 is 0 Å². The number of hydrogen-bond acceptors (Lipinski definition) is 4. The molecule has 0 radical (unpaired) electrons. The number of rotatable bonds is 8.